The van der Waals surface area contributed by atoms with Crippen LogP contribution >= 0.6 is 0 Å². The van der Waals surface area contributed by atoms with E-state index in [1.807, 2.05) is 6.07 Å². The van der Waals surface area contributed by atoms with Gasteiger partial charge in [-0.15, -0.1) is 0 Å². The largest absolute Gasteiger partial charge is 0.422 e. The maximum atomic E-state index is 14.6. The summed E-state index contributed by atoms with van der Waals surface area (Å²) >= 11 is 0. The number of carbonyl (C=O) groups is 2. The third kappa shape index (κ3) is 4.65. The fourth-order valence-electron chi connectivity index (χ4n) is 3.91. The molecule has 0 spiro atoms. The predicted molar refractivity (Wildman–Crippen MR) is 129 cm³/mol. The standard InChI is InChI=1S/C26H30FNO4Si/c1-26(2,3)33(4,5)32-18-12-13-28(16-18)24(29)21-14-17(10-11-22(21)27)15-23-19-8-6-7-9-20(19)25(30)31-23/h6-11,14-15,18H,12-13,16H2,1-5H3/b23-15-/t18-/m1/s1. The van der Waals surface area contributed by atoms with Gasteiger partial charge in [0.2, 0.25) is 0 Å². The zero-order valence-electron chi connectivity index (χ0n) is 19.8. The Morgan fingerprint density at radius 1 is 1.18 bits per heavy atom. The van der Waals surface area contributed by atoms with Crippen LogP contribution < -0.4 is 0 Å². The van der Waals surface area contributed by atoms with E-state index in [0.29, 0.717) is 35.5 Å². The summed E-state index contributed by atoms with van der Waals surface area (Å²) in [4.78, 5) is 26.9. The highest BCUT2D eigenvalue weighted by molar-refractivity contribution is 6.74. The SMILES string of the molecule is CC(C)(C)[Si](C)(C)O[C@@H]1CCN(C(=O)c2cc(/C=C3\OC(=O)c4ccccc43)ccc2F)C1. The molecule has 33 heavy (non-hydrogen) atoms. The Bertz CT molecular complexity index is 1140. The molecular weight excluding hydrogens is 437 g/mol. The smallest absolute Gasteiger partial charge is 0.344 e. The van der Waals surface area contributed by atoms with Gasteiger partial charge in [-0.1, -0.05) is 45.0 Å². The number of carbonyl (C=O) groups excluding carboxylic acids is 2. The number of halogens is 1. The molecule has 7 heteroatoms. The maximum absolute atomic E-state index is 14.6. The van der Waals surface area contributed by atoms with Crippen LogP contribution in [0.5, 0.6) is 0 Å². The number of esters is 1. The molecule has 0 radical (unpaired) electrons. The number of cyclic esters (lactones) is 1. The lowest BCUT2D eigenvalue weighted by Crippen LogP contribution is -2.44. The Hall–Kier alpha value is -2.77. The molecule has 0 aliphatic carbocycles. The van der Waals surface area contributed by atoms with Crippen molar-refractivity contribution in [3.05, 3.63) is 70.5 Å². The van der Waals surface area contributed by atoms with Gasteiger partial charge in [-0.05, 0) is 54.4 Å². The van der Waals surface area contributed by atoms with Crippen LogP contribution in [0.25, 0.3) is 11.8 Å². The van der Waals surface area contributed by atoms with E-state index in [0.717, 1.165) is 6.42 Å². The first-order valence-electron chi connectivity index (χ1n) is 11.3. The molecule has 2 aromatic carbocycles. The molecule has 0 aromatic heterocycles. The molecule has 1 atom stereocenters. The van der Waals surface area contributed by atoms with Gasteiger partial charge in [-0.25, -0.2) is 9.18 Å². The van der Waals surface area contributed by atoms with Crippen molar-refractivity contribution in [2.75, 3.05) is 13.1 Å². The molecule has 5 nitrogen and oxygen atoms in total. The van der Waals surface area contributed by atoms with Gasteiger partial charge in [0.05, 0.1) is 17.2 Å². The first-order valence-corrected chi connectivity index (χ1v) is 14.2. The van der Waals surface area contributed by atoms with E-state index in [1.165, 1.54) is 12.1 Å². The molecule has 4 rings (SSSR count). The van der Waals surface area contributed by atoms with Crippen molar-refractivity contribution < 1.29 is 23.1 Å². The van der Waals surface area contributed by atoms with Crippen LogP contribution in [0.2, 0.25) is 18.1 Å². The monoisotopic (exact) mass is 467 g/mol. The second kappa shape index (κ2) is 8.54. The van der Waals surface area contributed by atoms with Crippen LogP contribution in [-0.4, -0.2) is 44.3 Å². The number of benzene rings is 2. The number of fused-ring (bicyclic) bond motifs is 1. The Balaban J connectivity index is 1.52. The van der Waals surface area contributed by atoms with E-state index in [1.54, 1.807) is 35.2 Å². The van der Waals surface area contributed by atoms with E-state index in [9.17, 15) is 14.0 Å². The summed E-state index contributed by atoms with van der Waals surface area (Å²) < 4.78 is 26.5. The van der Waals surface area contributed by atoms with Crippen LogP contribution in [0, 0.1) is 5.82 Å². The highest BCUT2D eigenvalue weighted by atomic mass is 28.4. The molecule has 1 fully saturated rings. The lowest BCUT2D eigenvalue weighted by Gasteiger charge is -2.38. The van der Waals surface area contributed by atoms with Crippen LogP contribution in [0.3, 0.4) is 0 Å². The van der Waals surface area contributed by atoms with Crippen molar-refractivity contribution >= 4 is 32.0 Å². The van der Waals surface area contributed by atoms with Crippen molar-refractivity contribution in [1.29, 1.82) is 0 Å². The van der Waals surface area contributed by atoms with E-state index < -0.39 is 20.1 Å². The first kappa shape index (κ1) is 23.4. The lowest BCUT2D eigenvalue weighted by atomic mass is 10.0. The van der Waals surface area contributed by atoms with Crippen molar-refractivity contribution in [1.82, 2.24) is 4.90 Å². The van der Waals surface area contributed by atoms with Crippen molar-refractivity contribution in [3.63, 3.8) is 0 Å². The Morgan fingerprint density at radius 3 is 2.58 bits per heavy atom. The number of likely N-dealkylation sites (tertiary alicyclic amines) is 1. The molecule has 0 N–H and O–H groups in total. The molecule has 2 heterocycles. The maximum Gasteiger partial charge on any atom is 0.344 e. The normalized spacial score (nSPS) is 19.7. The van der Waals surface area contributed by atoms with Crippen LogP contribution in [0.4, 0.5) is 4.39 Å². The summed E-state index contributed by atoms with van der Waals surface area (Å²) in [7, 11) is -1.95. The third-order valence-electron chi connectivity index (χ3n) is 6.83. The van der Waals surface area contributed by atoms with Crippen LogP contribution in [0.1, 0.15) is 59.0 Å². The molecule has 1 saturated heterocycles. The molecule has 2 aliphatic rings. The van der Waals surface area contributed by atoms with Gasteiger partial charge in [0.15, 0.2) is 8.32 Å². The van der Waals surface area contributed by atoms with Gasteiger partial charge in [0, 0.05) is 18.7 Å². The number of nitrogens with zero attached hydrogens (tertiary/aromatic N) is 1. The van der Waals surface area contributed by atoms with E-state index in [-0.39, 0.29) is 22.6 Å². The van der Waals surface area contributed by atoms with Gasteiger partial charge in [0.25, 0.3) is 5.91 Å². The van der Waals surface area contributed by atoms with Gasteiger partial charge in [0.1, 0.15) is 11.6 Å². The Kier molecular flexibility index (Phi) is 6.05. The Morgan fingerprint density at radius 2 is 1.88 bits per heavy atom. The minimum absolute atomic E-state index is 0.00920. The molecule has 1 amide bonds. The van der Waals surface area contributed by atoms with Gasteiger partial charge in [-0.3, -0.25) is 4.79 Å². The van der Waals surface area contributed by atoms with Crippen molar-refractivity contribution in [2.45, 2.75) is 51.4 Å². The Labute approximate surface area is 195 Å². The molecular formula is C26H30FNO4Si. The molecule has 0 unspecified atom stereocenters. The number of hydrogen-bond donors (Lipinski definition) is 0. The highest BCUT2D eigenvalue weighted by Gasteiger charge is 2.41. The van der Waals surface area contributed by atoms with E-state index in [4.69, 9.17) is 9.16 Å². The molecule has 2 aromatic rings. The molecule has 0 bridgehead atoms. The minimum Gasteiger partial charge on any atom is -0.422 e. The summed E-state index contributed by atoms with van der Waals surface area (Å²) in [5, 5.41) is 0.0840. The molecule has 174 valence electrons. The van der Waals surface area contributed by atoms with Crippen LogP contribution in [-0.2, 0) is 9.16 Å². The zero-order chi connectivity index (χ0) is 24.0. The van der Waals surface area contributed by atoms with Gasteiger partial charge in [-0.2, -0.15) is 0 Å². The summed E-state index contributed by atoms with van der Waals surface area (Å²) in [5.74, 6) is -0.942. The summed E-state index contributed by atoms with van der Waals surface area (Å²) in [5.41, 5.74) is 1.78. The minimum atomic E-state index is -1.95. The zero-order valence-corrected chi connectivity index (χ0v) is 20.8. The quantitative estimate of drug-likeness (QED) is 0.426. The summed E-state index contributed by atoms with van der Waals surface area (Å²) in [6.45, 7) is 11.9. The van der Waals surface area contributed by atoms with Crippen LogP contribution in [0.15, 0.2) is 42.5 Å². The first-order chi connectivity index (χ1) is 15.5. The average molecular weight is 468 g/mol. The average Bonchev–Trinajstić information content (AvgIpc) is 3.33. The fraction of sp³-hybridized carbons (Fsp3) is 0.385. The predicted octanol–water partition coefficient (Wildman–Crippen LogP) is 5.73. The van der Waals surface area contributed by atoms with Crippen molar-refractivity contribution in [3.8, 4) is 0 Å². The second-order valence-corrected chi connectivity index (χ2v) is 15.0. The summed E-state index contributed by atoms with van der Waals surface area (Å²) in [6, 6.07) is 11.5. The second-order valence-electron chi connectivity index (χ2n) is 10.2. The number of hydrogen-bond acceptors (Lipinski definition) is 4. The van der Waals surface area contributed by atoms with Gasteiger partial charge < -0.3 is 14.1 Å². The number of amides is 1. The molecule has 2 aliphatic heterocycles. The number of rotatable bonds is 4. The third-order valence-corrected chi connectivity index (χ3v) is 11.4. The van der Waals surface area contributed by atoms with E-state index >= 15 is 0 Å². The number of ether oxygens (including phenoxy) is 1. The van der Waals surface area contributed by atoms with Crippen molar-refractivity contribution in [2.24, 2.45) is 0 Å². The lowest BCUT2D eigenvalue weighted by molar-refractivity contribution is 0.0715. The molecule has 0 saturated carbocycles. The van der Waals surface area contributed by atoms with E-state index in [2.05, 4.69) is 33.9 Å². The topological polar surface area (TPSA) is 55.8 Å². The summed E-state index contributed by atoms with van der Waals surface area (Å²) in [6.07, 6.45) is 2.38. The fourth-order valence-corrected chi connectivity index (χ4v) is 5.29. The highest BCUT2D eigenvalue weighted by Crippen LogP contribution is 2.38. The van der Waals surface area contributed by atoms with Gasteiger partial charge >= 0.3 is 5.97 Å².